The van der Waals surface area contributed by atoms with Gasteiger partial charge in [-0.15, -0.1) is 0 Å². The first-order valence-corrected chi connectivity index (χ1v) is 15.9. The monoisotopic (exact) mass is 592 g/mol. The second kappa shape index (κ2) is 17.6. The van der Waals surface area contributed by atoms with Crippen LogP contribution in [0.15, 0.2) is 79.1 Å². The van der Waals surface area contributed by atoms with Crippen LogP contribution in [0.3, 0.4) is 0 Å². The number of nitrogens with one attached hydrogen (secondary N) is 2. The number of esters is 1. The molecule has 0 radical (unpaired) electrons. The van der Waals surface area contributed by atoms with Crippen molar-refractivity contribution in [1.82, 2.24) is 20.3 Å². The minimum absolute atomic E-state index is 0.0702. The van der Waals surface area contributed by atoms with E-state index in [9.17, 15) is 9.59 Å². The molecule has 2 aromatic heterocycles. The Morgan fingerprint density at radius 2 is 1.48 bits per heavy atom. The Bertz CT molecular complexity index is 1480. The Hall–Kier alpha value is -4.52. The highest BCUT2D eigenvalue weighted by Gasteiger charge is 2.16. The number of benzene rings is 2. The van der Waals surface area contributed by atoms with Gasteiger partial charge < -0.3 is 15.0 Å². The summed E-state index contributed by atoms with van der Waals surface area (Å²) in [5, 5.41) is 3.00. The molecule has 0 unspecified atom stereocenters. The molecule has 2 heterocycles. The Morgan fingerprint density at radius 3 is 2.11 bits per heavy atom. The fourth-order valence-corrected chi connectivity index (χ4v) is 5.09. The van der Waals surface area contributed by atoms with Gasteiger partial charge in [-0.2, -0.15) is 0 Å². The van der Waals surface area contributed by atoms with Crippen molar-refractivity contribution in [2.45, 2.75) is 78.1 Å². The van der Waals surface area contributed by atoms with Crippen molar-refractivity contribution < 1.29 is 14.3 Å². The molecule has 0 saturated heterocycles. The molecular weight excluding hydrogens is 548 g/mol. The number of H-pyrrole nitrogens is 1. The maximum Gasteiger partial charge on any atom is 0.308 e. The Labute approximate surface area is 261 Å². The molecule has 2 N–H and O–H groups in total. The molecule has 44 heavy (non-hydrogen) atoms. The number of nitrogens with zero attached hydrogens (tertiary/aromatic N) is 2. The van der Waals surface area contributed by atoms with Crippen LogP contribution >= 0.6 is 0 Å². The summed E-state index contributed by atoms with van der Waals surface area (Å²) in [5.41, 5.74) is 5.27. The second-order valence-corrected chi connectivity index (χ2v) is 11.1. The zero-order chi connectivity index (χ0) is 31.0. The number of imidazole rings is 1. The largest absolute Gasteiger partial charge is 0.427 e. The molecule has 4 aromatic rings. The third-order valence-electron chi connectivity index (χ3n) is 7.48. The van der Waals surface area contributed by atoms with E-state index in [4.69, 9.17) is 9.72 Å². The van der Waals surface area contributed by atoms with Gasteiger partial charge in [0, 0.05) is 48.6 Å². The lowest BCUT2D eigenvalue weighted by molar-refractivity contribution is -0.131. The summed E-state index contributed by atoms with van der Waals surface area (Å²) in [6.07, 6.45) is 19.7. The normalized spacial score (nSPS) is 11.1. The lowest BCUT2D eigenvalue weighted by Crippen LogP contribution is -2.21. The highest BCUT2D eigenvalue weighted by molar-refractivity contribution is 5.91. The number of ether oxygens (including phenoxy) is 1. The van der Waals surface area contributed by atoms with E-state index in [0.29, 0.717) is 18.1 Å². The van der Waals surface area contributed by atoms with E-state index in [2.05, 4.69) is 22.2 Å². The van der Waals surface area contributed by atoms with Crippen LogP contribution in [0.2, 0.25) is 0 Å². The number of hydrogen-bond donors (Lipinski definition) is 2. The van der Waals surface area contributed by atoms with Crippen LogP contribution in [-0.2, 0) is 9.59 Å². The van der Waals surface area contributed by atoms with Crippen molar-refractivity contribution in [2.24, 2.45) is 0 Å². The Kier molecular flexibility index (Phi) is 12.9. The topological polar surface area (TPSA) is 97.0 Å². The number of rotatable bonds is 17. The van der Waals surface area contributed by atoms with E-state index in [1.807, 2.05) is 54.6 Å². The highest BCUT2D eigenvalue weighted by atomic mass is 16.5. The minimum atomic E-state index is -0.363. The van der Waals surface area contributed by atoms with Gasteiger partial charge in [0.2, 0.25) is 5.91 Å². The number of pyridine rings is 1. The first-order chi connectivity index (χ1) is 21.5. The minimum Gasteiger partial charge on any atom is -0.427 e. The van der Waals surface area contributed by atoms with Gasteiger partial charge in [0.15, 0.2) is 0 Å². The lowest BCUT2D eigenvalue weighted by atomic mass is 10.0. The Morgan fingerprint density at radius 1 is 0.818 bits per heavy atom. The zero-order valence-corrected chi connectivity index (χ0v) is 26.0. The van der Waals surface area contributed by atoms with Crippen LogP contribution in [0.5, 0.6) is 5.75 Å². The molecule has 0 atom stereocenters. The summed E-state index contributed by atoms with van der Waals surface area (Å²) in [6.45, 7) is 4.34. The van der Waals surface area contributed by atoms with Gasteiger partial charge in [0.05, 0.1) is 11.4 Å². The fraction of sp³-hybridized carbons (Fsp3) is 0.351. The average molecular weight is 593 g/mol. The molecule has 0 aliphatic rings. The first-order valence-electron chi connectivity index (χ1n) is 15.9. The second-order valence-electron chi connectivity index (χ2n) is 11.1. The number of hydrogen-bond acceptors (Lipinski definition) is 5. The van der Waals surface area contributed by atoms with Crippen LogP contribution in [0.4, 0.5) is 0 Å². The maximum atomic E-state index is 12.3. The van der Waals surface area contributed by atoms with E-state index in [0.717, 1.165) is 46.5 Å². The van der Waals surface area contributed by atoms with Crippen molar-refractivity contribution in [1.29, 1.82) is 0 Å². The summed E-state index contributed by atoms with van der Waals surface area (Å²) in [7, 11) is 0. The number of carbonyl (C=O) groups is 2. The maximum absolute atomic E-state index is 12.3. The van der Waals surface area contributed by atoms with E-state index in [1.54, 1.807) is 30.6 Å². The van der Waals surface area contributed by atoms with Crippen LogP contribution < -0.4 is 10.1 Å². The molecule has 7 nitrogen and oxygen atoms in total. The first kappa shape index (κ1) is 32.4. The number of carbonyl (C=O) groups excluding carboxylic acids is 2. The van der Waals surface area contributed by atoms with Gasteiger partial charge in [-0.05, 0) is 54.5 Å². The quantitative estimate of drug-likeness (QED) is 0.0553. The zero-order valence-electron chi connectivity index (χ0n) is 26.0. The van der Waals surface area contributed by atoms with E-state index in [1.165, 1.54) is 58.3 Å². The Balaban J connectivity index is 1.33. The van der Waals surface area contributed by atoms with Gasteiger partial charge in [0.1, 0.15) is 11.6 Å². The molecular formula is C37H44N4O3. The van der Waals surface area contributed by atoms with E-state index >= 15 is 0 Å². The molecule has 0 bridgehead atoms. The fourth-order valence-electron chi connectivity index (χ4n) is 5.09. The van der Waals surface area contributed by atoms with Gasteiger partial charge >= 0.3 is 5.97 Å². The third-order valence-corrected chi connectivity index (χ3v) is 7.48. The third kappa shape index (κ3) is 10.3. The molecule has 2 aromatic carbocycles. The number of amides is 1. The van der Waals surface area contributed by atoms with Gasteiger partial charge in [-0.25, -0.2) is 4.98 Å². The van der Waals surface area contributed by atoms with Crippen LogP contribution in [0, 0.1) is 0 Å². The van der Waals surface area contributed by atoms with Crippen LogP contribution in [0.25, 0.3) is 40.0 Å². The van der Waals surface area contributed by atoms with Crippen LogP contribution in [0.1, 0.15) is 83.6 Å². The number of unbranched alkanes of at least 4 members (excludes halogenated alkanes) is 9. The molecule has 7 heteroatoms. The van der Waals surface area contributed by atoms with Crippen molar-refractivity contribution in [2.75, 3.05) is 6.54 Å². The predicted octanol–water partition coefficient (Wildman–Crippen LogP) is 8.78. The summed E-state index contributed by atoms with van der Waals surface area (Å²) < 4.78 is 5.19. The molecule has 0 saturated carbocycles. The van der Waals surface area contributed by atoms with Gasteiger partial charge in [-0.1, -0.05) is 89.0 Å². The summed E-state index contributed by atoms with van der Waals surface area (Å²) >= 11 is 0. The van der Waals surface area contributed by atoms with Crippen molar-refractivity contribution >= 4 is 18.0 Å². The highest BCUT2D eigenvalue weighted by Crippen LogP contribution is 2.34. The summed E-state index contributed by atoms with van der Waals surface area (Å²) in [5.74, 6) is 0.752. The molecule has 1 amide bonds. The summed E-state index contributed by atoms with van der Waals surface area (Å²) in [4.78, 5) is 36.3. The van der Waals surface area contributed by atoms with Crippen molar-refractivity contribution in [3.05, 3.63) is 84.7 Å². The van der Waals surface area contributed by atoms with Gasteiger partial charge in [-0.3, -0.25) is 14.6 Å². The molecule has 230 valence electrons. The molecule has 0 aliphatic carbocycles. The van der Waals surface area contributed by atoms with Crippen molar-refractivity contribution in [3.63, 3.8) is 0 Å². The number of aromatic nitrogens is 3. The smallest absolute Gasteiger partial charge is 0.308 e. The van der Waals surface area contributed by atoms with E-state index in [-0.39, 0.29) is 11.9 Å². The van der Waals surface area contributed by atoms with Gasteiger partial charge in [0.25, 0.3) is 0 Å². The summed E-state index contributed by atoms with van der Waals surface area (Å²) in [6, 6.07) is 19.1. The molecule has 0 spiro atoms. The SMILES string of the molecule is CCCCCCCCCCCCNC(=O)C=Cc1ccc(-c2[nH]c(-c3cccnc3)nc2-c2ccc(OC(C)=O)cc2)cc1. The standard InChI is InChI=1S/C37H44N4O3/c1-3-4-5-6-7-8-9-10-11-12-26-39-34(43)24-17-29-15-18-30(19-16-29)35-36(31-20-22-33(23-21-31)44-28(2)42)41-37(40-35)32-14-13-25-38-27-32/h13-25,27H,3-12,26H2,1-2H3,(H,39,43)(H,40,41). The average Bonchev–Trinajstić information content (AvgIpc) is 3.49. The number of aromatic amines is 1. The van der Waals surface area contributed by atoms with E-state index < -0.39 is 0 Å². The van der Waals surface area contributed by atoms with Crippen molar-refractivity contribution in [3.8, 4) is 39.7 Å². The van der Waals surface area contributed by atoms with Crippen LogP contribution in [-0.4, -0.2) is 33.4 Å². The predicted molar refractivity (Wildman–Crippen MR) is 178 cm³/mol. The molecule has 0 aliphatic heterocycles. The molecule has 4 rings (SSSR count). The molecule has 0 fully saturated rings. The lowest BCUT2D eigenvalue weighted by Gasteiger charge is -2.06.